The number of fused-ring (bicyclic) bond motifs is 1. The van der Waals surface area contributed by atoms with Gasteiger partial charge in [-0.1, -0.05) is 36.4 Å². The van der Waals surface area contributed by atoms with Crippen LogP contribution >= 0.6 is 0 Å². The van der Waals surface area contributed by atoms with Crippen molar-refractivity contribution in [2.45, 2.75) is 38.6 Å². The normalized spacial score (nSPS) is 16.7. The van der Waals surface area contributed by atoms with Crippen molar-refractivity contribution in [3.8, 4) is 0 Å². The fourth-order valence-electron chi connectivity index (χ4n) is 3.25. The van der Waals surface area contributed by atoms with Crippen LogP contribution in [0.1, 0.15) is 30.0 Å². The van der Waals surface area contributed by atoms with Crippen molar-refractivity contribution in [1.82, 2.24) is 5.32 Å². The van der Waals surface area contributed by atoms with Crippen molar-refractivity contribution in [1.29, 1.82) is 0 Å². The fraction of sp³-hybridized carbons (Fsp3) is 0.350. The zero-order chi connectivity index (χ0) is 16.1. The van der Waals surface area contributed by atoms with Gasteiger partial charge in [-0.3, -0.25) is 4.79 Å². The maximum atomic E-state index is 11.0. The molecule has 1 aliphatic rings. The fourth-order valence-corrected chi connectivity index (χ4v) is 3.25. The number of carbonyl (C=O) groups excluding carboxylic acids is 1. The van der Waals surface area contributed by atoms with Crippen LogP contribution in [-0.4, -0.2) is 18.5 Å². The lowest BCUT2D eigenvalue weighted by Gasteiger charge is -2.25. The molecule has 0 fully saturated rings. The Kier molecular flexibility index (Phi) is 5.09. The summed E-state index contributed by atoms with van der Waals surface area (Å²) in [5, 5.41) is 6.48. The third-order valence-corrected chi connectivity index (χ3v) is 4.47. The Morgan fingerprint density at radius 3 is 2.57 bits per heavy atom. The number of benzene rings is 2. The summed E-state index contributed by atoms with van der Waals surface area (Å²) in [5.74, 6) is -0.0306. The number of rotatable bonds is 5. The maximum Gasteiger partial charge on any atom is 0.221 e. The first kappa shape index (κ1) is 15.8. The van der Waals surface area contributed by atoms with E-state index in [1.807, 2.05) is 12.1 Å². The summed E-state index contributed by atoms with van der Waals surface area (Å²) < 4.78 is 0. The molecule has 0 bridgehead atoms. The Labute approximate surface area is 138 Å². The lowest BCUT2D eigenvalue weighted by molar-refractivity contribution is -0.114. The van der Waals surface area contributed by atoms with Gasteiger partial charge in [0.05, 0.1) is 0 Å². The summed E-state index contributed by atoms with van der Waals surface area (Å²) >= 11 is 0. The summed E-state index contributed by atoms with van der Waals surface area (Å²) in [5.41, 5.74) is 5.16. The molecule has 1 unspecified atom stereocenters. The lowest BCUT2D eigenvalue weighted by atomic mass is 9.88. The quantitative estimate of drug-likeness (QED) is 0.889. The van der Waals surface area contributed by atoms with E-state index in [1.165, 1.54) is 36.5 Å². The molecule has 3 rings (SSSR count). The van der Waals surface area contributed by atoms with Crippen LogP contribution in [0.4, 0.5) is 5.69 Å². The molecule has 0 spiro atoms. The summed E-state index contributed by atoms with van der Waals surface area (Å²) in [6.45, 7) is 2.52. The van der Waals surface area contributed by atoms with Crippen LogP contribution in [0.25, 0.3) is 0 Å². The van der Waals surface area contributed by atoms with Crippen LogP contribution in [-0.2, 0) is 24.1 Å². The molecule has 2 aromatic rings. The number of anilines is 1. The number of hydrogen-bond acceptors (Lipinski definition) is 2. The van der Waals surface area contributed by atoms with Gasteiger partial charge in [0.2, 0.25) is 5.91 Å². The smallest absolute Gasteiger partial charge is 0.221 e. The number of amides is 1. The molecule has 23 heavy (non-hydrogen) atoms. The molecule has 2 N–H and O–H groups in total. The van der Waals surface area contributed by atoms with Gasteiger partial charge in [0.25, 0.3) is 0 Å². The van der Waals surface area contributed by atoms with Gasteiger partial charge in [0.1, 0.15) is 0 Å². The van der Waals surface area contributed by atoms with E-state index in [0.29, 0.717) is 6.04 Å². The molecule has 0 aliphatic heterocycles. The van der Waals surface area contributed by atoms with E-state index < -0.39 is 0 Å². The van der Waals surface area contributed by atoms with Crippen LogP contribution in [0.3, 0.4) is 0 Å². The minimum Gasteiger partial charge on any atom is -0.326 e. The van der Waals surface area contributed by atoms with E-state index in [9.17, 15) is 4.79 Å². The van der Waals surface area contributed by atoms with E-state index in [1.54, 1.807) is 0 Å². The zero-order valence-electron chi connectivity index (χ0n) is 13.6. The van der Waals surface area contributed by atoms with Crippen molar-refractivity contribution in [2.75, 3.05) is 11.9 Å². The minimum atomic E-state index is -0.0306. The van der Waals surface area contributed by atoms with Crippen molar-refractivity contribution < 1.29 is 4.79 Å². The third kappa shape index (κ3) is 4.42. The Morgan fingerprint density at radius 1 is 1.09 bits per heavy atom. The van der Waals surface area contributed by atoms with E-state index in [-0.39, 0.29) is 5.91 Å². The highest BCUT2D eigenvalue weighted by Gasteiger charge is 2.17. The van der Waals surface area contributed by atoms with Gasteiger partial charge in [-0.25, -0.2) is 0 Å². The Morgan fingerprint density at radius 2 is 1.83 bits per heavy atom. The SMILES string of the molecule is CC(=O)Nc1ccc(CCNC2CCc3ccccc3C2)cc1. The Bertz CT molecular complexity index is 664. The zero-order valence-corrected chi connectivity index (χ0v) is 13.6. The molecular formula is C20H24N2O. The van der Waals surface area contributed by atoms with Gasteiger partial charge in [-0.05, 0) is 61.1 Å². The largest absolute Gasteiger partial charge is 0.326 e. The molecule has 2 aromatic carbocycles. The molecule has 1 amide bonds. The van der Waals surface area contributed by atoms with E-state index in [4.69, 9.17) is 0 Å². The third-order valence-electron chi connectivity index (χ3n) is 4.47. The van der Waals surface area contributed by atoms with Gasteiger partial charge >= 0.3 is 0 Å². The summed E-state index contributed by atoms with van der Waals surface area (Å²) in [6, 6.07) is 17.5. The molecule has 3 nitrogen and oxygen atoms in total. The average molecular weight is 308 g/mol. The number of aryl methyl sites for hydroxylation is 1. The van der Waals surface area contributed by atoms with Gasteiger partial charge < -0.3 is 10.6 Å². The van der Waals surface area contributed by atoms with Gasteiger partial charge in [-0.2, -0.15) is 0 Å². The molecule has 0 saturated heterocycles. The van der Waals surface area contributed by atoms with Gasteiger partial charge in [-0.15, -0.1) is 0 Å². The highest BCUT2D eigenvalue weighted by Crippen LogP contribution is 2.21. The van der Waals surface area contributed by atoms with Crippen molar-refractivity contribution in [3.05, 3.63) is 65.2 Å². The number of carbonyl (C=O) groups is 1. The first-order valence-corrected chi connectivity index (χ1v) is 8.37. The average Bonchev–Trinajstić information content (AvgIpc) is 2.56. The molecule has 0 heterocycles. The van der Waals surface area contributed by atoms with Crippen LogP contribution < -0.4 is 10.6 Å². The highest BCUT2D eigenvalue weighted by atomic mass is 16.1. The molecule has 3 heteroatoms. The van der Waals surface area contributed by atoms with E-state index >= 15 is 0 Å². The predicted molar refractivity (Wildman–Crippen MR) is 94.7 cm³/mol. The Hall–Kier alpha value is -2.13. The molecule has 0 saturated carbocycles. The van der Waals surface area contributed by atoms with Crippen LogP contribution in [0.15, 0.2) is 48.5 Å². The number of hydrogen-bond donors (Lipinski definition) is 2. The monoisotopic (exact) mass is 308 g/mol. The van der Waals surface area contributed by atoms with Crippen LogP contribution in [0, 0.1) is 0 Å². The first-order chi connectivity index (χ1) is 11.2. The second kappa shape index (κ2) is 7.42. The maximum absolute atomic E-state index is 11.0. The minimum absolute atomic E-state index is 0.0306. The second-order valence-electron chi connectivity index (χ2n) is 6.29. The van der Waals surface area contributed by atoms with Crippen LogP contribution in [0.5, 0.6) is 0 Å². The molecule has 120 valence electrons. The van der Waals surface area contributed by atoms with Crippen LogP contribution in [0.2, 0.25) is 0 Å². The molecular weight excluding hydrogens is 284 g/mol. The van der Waals surface area contributed by atoms with Crippen molar-refractivity contribution >= 4 is 11.6 Å². The molecule has 1 atom stereocenters. The van der Waals surface area contributed by atoms with Gasteiger partial charge in [0, 0.05) is 18.7 Å². The van der Waals surface area contributed by atoms with Crippen molar-refractivity contribution in [3.63, 3.8) is 0 Å². The summed E-state index contributed by atoms with van der Waals surface area (Å²) in [6.07, 6.45) is 4.55. The predicted octanol–water partition coefficient (Wildman–Crippen LogP) is 3.33. The standard InChI is InChI=1S/C20H24N2O/c1-15(23)22-19-9-6-16(7-10-19)12-13-21-20-11-8-17-4-2-3-5-18(17)14-20/h2-7,9-10,20-21H,8,11-14H2,1H3,(H,22,23). The second-order valence-corrected chi connectivity index (χ2v) is 6.29. The first-order valence-electron chi connectivity index (χ1n) is 8.37. The Balaban J connectivity index is 1.46. The summed E-state index contributed by atoms with van der Waals surface area (Å²) in [7, 11) is 0. The summed E-state index contributed by atoms with van der Waals surface area (Å²) in [4.78, 5) is 11.0. The molecule has 0 radical (unpaired) electrons. The number of nitrogens with one attached hydrogen (secondary N) is 2. The van der Waals surface area contributed by atoms with Crippen molar-refractivity contribution in [2.24, 2.45) is 0 Å². The molecule has 0 aromatic heterocycles. The van der Waals surface area contributed by atoms with E-state index in [2.05, 4.69) is 47.0 Å². The van der Waals surface area contributed by atoms with E-state index in [0.717, 1.165) is 25.1 Å². The topological polar surface area (TPSA) is 41.1 Å². The highest BCUT2D eigenvalue weighted by molar-refractivity contribution is 5.88. The lowest BCUT2D eigenvalue weighted by Crippen LogP contribution is -2.35. The molecule has 1 aliphatic carbocycles. The van der Waals surface area contributed by atoms with Gasteiger partial charge in [0.15, 0.2) is 0 Å².